The van der Waals surface area contributed by atoms with Gasteiger partial charge in [-0.05, 0) is 12.3 Å². The third-order valence-electron chi connectivity index (χ3n) is 3.67. The lowest BCUT2D eigenvalue weighted by Crippen LogP contribution is -2.42. The van der Waals surface area contributed by atoms with Gasteiger partial charge in [0.25, 0.3) is 0 Å². The molecule has 0 spiro atoms. The first kappa shape index (κ1) is 12.2. The van der Waals surface area contributed by atoms with Crippen molar-refractivity contribution in [3.8, 4) is 0 Å². The Bertz CT molecular complexity index is 583. The number of nitrogens with zero attached hydrogens (tertiary/aromatic N) is 4. The summed E-state index contributed by atoms with van der Waals surface area (Å²) in [6.07, 6.45) is 2.29. The Morgan fingerprint density at radius 3 is 3.05 bits per heavy atom. The molecule has 1 aliphatic rings. The van der Waals surface area contributed by atoms with Crippen LogP contribution >= 0.6 is 0 Å². The van der Waals surface area contributed by atoms with E-state index in [-0.39, 0.29) is 12.0 Å². The van der Waals surface area contributed by atoms with E-state index >= 15 is 0 Å². The van der Waals surface area contributed by atoms with Crippen molar-refractivity contribution in [2.24, 2.45) is 5.92 Å². The number of hydrogen-bond donors (Lipinski definition) is 3. The molecule has 2 aromatic rings. The van der Waals surface area contributed by atoms with Crippen LogP contribution in [0.15, 0.2) is 6.20 Å². The van der Waals surface area contributed by atoms with Crippen LogP contribution in [0.4, 0.5) is 11.8 Å². The second-order valence-corrected chi connectivity index (χ2v) is 5.03. The number of nitrogens with one attached hydrogen (secondary N) is 2. The van der Waals surface area contributed by atoms with Gasteiger partial charge >= 0.3 is 0 Å². The summed E-state index contributed by atoms with van der Waals surface area (Å²) in [6, 6.07) is 0. The van der Waals surface area contributed by atoms with Crippen LogP contribution in [0.25, 0.3) is 11.0 Å². The highest BCUT2D eigenvalue weighted by molar-refractivity contribution is 5.87. The fourth-order valence-corrected chi connectivity index (χ4v) is 2.50. The van der Waals surface area contributed by atoms with E-state index in [1.54, 1.807) is 13.2 Å². The van der Waals surface area contributed by atoms with Crippen LogP contribution in [0.3, 0.4) is 0 Å². The molecule has 1 saturated heterocycles. The van der Waals surface area contributed by atoms with Crippen molar-refractivity contribution in [1.29, 1.82) is 0 Å². The Kier molecular flexibility index (Phi) is 2.98. The molecule has 3 heterocycles. The van der Waals surface area contributed by atoms with E-state index in [9.17, 15) is 5.11 Å². The summed E-state index contributed by atoms with van der Waals surface area (Å²) in [5.74, 6) is 1.69. The molecule has 0 radical (unpaired) electrons. The SMILES string of the molecule is CNc1nc(N2CCC(O)C(C)C2)c2cn[nH]c2n1. The van der Waals surface area contributed by atoms with Crippen LogP contribution in [0.2, 0.25) is 0 Å². The van der Waals surface area contributed by atoms with Gasteiger partial charge in [0, 0.05) is 20.1 Å². The average molecular weight is 262 g/mol. The number of fused-ring (bicyclic) bond motifs is 1. The van der Waals surface area contributed by atoms with Gasteiger partial charge in [0.2, 0.25) is 5.95 Å². The average Bonchev–Trinajstić information content (AvgIpc) is 2.89. The van der Waals surface area contributed by atoms with Crippen LogP contribution in [0, 0.1) is 5.92 Å². The molecule has 2 unspecified atom stereocenters. The number of anilines is 2. The molecule has 0 saturated carbocycles. The highest BCUT2D eigenvalue weighted by Crippen LogP contribution is 2.28. The molecule has 0 aliphatic carbocycles. The molecule has 19 heavy (non-hydrogen) atoms. The number of rotatable bonds is 2. The molecule has 0 bridgehead atoms. The van der Waals surface area contributed by atoms with Gasteiger partial charge in [0.15, 0.2) is 5.65 Å². The zero-order valence-electron chi connectivity index (χ0n) is 11.1. The van der Waals surface area contributed by atoms with Crippen LogP contribution in [-0.4, -0.2) is 51.5 Å². The van der Waals surface area contributed by atoms with E-state index in [4.69, 9.17) is 0 Å². The van der Waals surface area contributed by atoms with Crippen molar-refractivity contribution in [2.75, 3.05) is 30.4 Å². The Morgan fingerprint density at radius 2 is 2.32 bits per heavy atom. The molecule has 3 N–H and O–H groups in total. The molecule has 2 aromatic heterocycles. The first-order valence-corrected chi connectivity index (χ1v) is 6.51. The van der Waals surface area contributed by atoms with E-state index in [0.717, 1.165) is 36.4 Å². The number of hydrogen-bond acceptors (Lipinski definition) is 6. The largest absolute Gasteiger partial charge is 0.393 e. The number of aliphatic hydroxyl groups excluding tert-OH is 1. The summed E-state index contributed by atoms with van der Waals surface area (Å²) in [4.78, 5) is 11.1. The highest BCUT2D eigenvalue weighted by Gasteiger charge is 2.26. The Labute approximate surface area is 111 Å². The van der Waals surface area contributed by atoms with Gasteiger partial charge in [-0.1, -0.05) is 6.92 Å². The lowest BCUT2D eigenvalue weighted by Gasteiger charge is -2.35. The topological polar surface area (TPSA) is 90.0 Å². The second kappa shape index (κ2) is 4.65. The summed E-state index contributed by atoms with van der Waals surface area (Å²) in [5.41, 5.74) is 0.730. The second-order valence-electron chi connectivity index (χ2n) is 5.03. The number of aliphatic hydroxyl groups is 1. The van der Waals surface area contributed by atoms with E-state index in [1.807, 2.05) is 0 Å². The monoisotopic (exact) mass is 262 g/mol. The van der Waals surface area contributed by atoms with Gasteiger partial charge in [-0.3, -0.25) is 5.10 Å². The zero-order chi connectivity index (χ0) is 13.4. The fourth-order valence-electron chi connectivity index (χ4n) is 2.50. The maximum atomic E-state index is 9.83. The van der Waals surface area contributed by atoms with Crippen LogP contribution in [0.1, 0.15) is 13.3 Å². The molecule has 0 amide bonds. The lowest BCUT2D eigenvalue weighted by atomic mass is 9.97. The molecular weight excluding hydrogens is 244 g/mol. The van der Waals surface area contributed by atoms with Gasteiger partial charge in [-0.25, -0.2) is 0 Å². The fraction of sp³-hybridized carbons (Fsp3) is 0.583. The minimum Gasteiger partial charge on any atom is -0.393 e. The van der Waals surface area contributed by atoms with Gasteiger partial charge in [-0.15, -0.1) is 0 Å². The molecular formula is C12H18N6O. The van der Waals surface area contributed by atoms with Crippen molar-refractivity contribution in [1.82, 2.24) is 20.2 Å². The highest BCUT2D eigenvalue weighted by atomic mass is 16.3. The van der Waals surface area contributed by atoms with Crippen LogP contribution in [0.5, 0.6) is 0 Å². The summed E-state index contributed by atoms with van der Waals surface area (Å²) in [5, 5.41) is 20.6. The third-order valence-corrected chi connectivity index (χ3v) is 3.67. The van der Waals surface area contributed by atoms with Crippen LogP contribution in [-0.2, 0) is 0 Å². The molecule has 2 atom stereocenters. The smallest absolute Gasteiger partial charge is 0.226 e. The first-order valence-electron chi connectivity index (χ1n) is 6.51. The number of aromatic amines is 1. The third kappa shape index (κ3) is 2.10. The summed E-state index contributed by atoms with van der Waals surface area (Å²) in [7, 11) is 1.80. The first-order chi connectivity index (χ1) is 9.19. The molecule has 0 aromatic carbocycles. The van der Waals surface area contributed by atoms with Crippen LogP contribution < -0.4 is 10.2 Å². The Balaban J connectivity index is 2.01. The molecule has 102 valence electrons. The minimum atomic E-state index is -0.221. The van der Waals surface area contributed by atoms with Gasteiger partial charge in [-0.2, -0.15) is 15.1 Å². The predicted molar refractivity (Wildman–Crippen MR) is 73.2 cm³/mol. The van der Waals surface area contributed by atoms with Crippen molar-refractivity contribution >= 4 is 22.8 Å². The minimum absolute atomic E-state index is 0.221. The normalized spacial score (nSPS) is 23.8. The quantitative estimate of drug-likeness (QED) is 0.734. The van der Waals surface area contributed by atoms with Crippen molar-refractivity contribution in [3.05, 3.63) is 6.20 Å². The molecule has 3 rings (SSSR count). The van der Waals surface area contributed by atoms with E-state index in [0.29, 0.717) is 5.95 Å². The van der Waals surface area contributed by atoms with E-state index < -0.39 is 0 Å². The summed E-state index contributed by atoms with van der Waals surface area (Å²) < 4.78 is 0. The van der Waals surface area contributed by atoms with E-state index in [2.05, 4.69) is 37.3 Å². The Morgan fingerprint density at radius 1 is 1.47 bits per heavy atom. The van der Waals surface area contributed by atoms with Gasteiger partial charge in [0.1, 0.15) is 5.82 Å². The number of aromatic nitrogens is 4. The summed E-state index contributed by atoms with van der Waals surface area (Å²) in [6.45, 7) is 3.65. The van der Waals surface area contributed by atoms with Gasteiger partial charge in [0.05, 0.1) is 17.7 Å². The van der Waals surface area contributed by atoms with E-state index in [1.165, 1.54) is 0 Å². The number of H-pyrrole nitrogens is 1. The number of piperidine rings is 1. The Hall–Kier alpha value is -1.89. The standard InChI is InChI=1S/C12H18N6O/c1-7-6-18(4-3-9(7)19)11-8-5-14-17-10(8)15-12(13-2)16-11/h5,7,9,19H,3-4,6H2,1-2H3,(H2,13,14,15,16,17). The van der Waals surface area contributed by atoms with Crippen molar-refractivity contribution in [2.45, 2.75) is 19.4 Å². The molecule has 1 fully saturated rings. The lowest BCUT2D eigenvalue weighted by molar-refractivity contribution is 0.0970. The molecule has 7 heteroatoms. The zero-order valence-corrected chi connectivity index (χ0v) is 11.1. The maximum Gasteiger partial charge on any atom is 0.226 e. The van der Waals surface area contributed by atoms with Crippen molar-refractivity contribution in [3.63, 3.8) is 0 Å². The van der Waals surface area contributed by atoms with Gasteiger partial charge < -0.3 is 15.3 Å². The maximum absolute atomic E-state index is 9.83. The molecule has 1 aliphatic heterocycles. The summed E-state index contributed by atoms with van der Waals surface area (Å²) >= 11 is 0. The van der Waals surface area contributed by atoms with Crippen molar-refractivity contribution < 1.29 is 5.11 Å². The molecule has 7 nitrogen and oxygen atoms in total. The predicted octanol–water partition coefficient (Wildman–Crippen LogP) is 0.602.